The Bertz CT molecular complexity index is 786. The summed E-state index contributed by atoms with van der Waals surface area (Å²) in [5.74, 6) is 0.692. The van der Waals surface area contributed by atoms with E-state index >= 15 is 0 Å². The van der Waals surface area contributed by atoms with Crippen LogP contribution in [0.25, 0.3) is 0 Å². The molecular formula is C19H21F3N2O5. The maximum absolute atomic E-state index is 12.1. The van der Waals surface area contributed by atoms with Crippen molar-refractivity contribution in [1.82, 2.24) is 10.5 Å². The Balaban J connectivity index is 1.41. The van der Waals surface area contributed by atoms with Crippen LogP contribution < -0.4 is 14.8 Å². The Hall–Kier alpha value is -2.75. The standard InChI is InChI=1S/C19H21F3N2O5/c20-19(21,22)28-16-3-1-15(2-4-16)27-12-17-9-14(24-29-17)10-18(25)23-11-13-5-7-26-8-6-13/h1-4,9,13H,5-8,10-12H2,(H,23,25). The lowest BCUT2D eigenvalue weighted by atomic mass is 10.0. The first-order chi connectivity index (χ1) is 13.9. The van der Waals surface area contributed by atoms with Crippen LogP contribution in [0.5, 0.6) is 11.5 Å². The highest BCUT2D eigenvalue weighted by Crippen LogP contribution is 2.25. The predicted octanol–water partition coefficient (Wildman–Crippen LogP) is 3.24. The SMILES string of the molecule is O=C(Cc1cc(COc2ccc(OC(F)(F)F)cc2)on1)NCC1CCOCC1. The number of nitrogens with zero attached hydrogens (tertiary/aromatic N) is 1. The summed E-state index contributed by atoms with van der Waals surface area (Å²) in [5, 5.41) is 6.73. The number of hydrogen-bond acceptors (Lipinski definition) is 6. The van der Waals surface area contributed by atoms with Gasteiger partial charge in [0, 0.05) is 25.8 Å². The molecule has 1 saturated heterocycles. The average molecular weight is 414 g/mol. The summed E-state index contributed by atoms with van der Waals surface area (Å²) in [5.41, 5.74) is 0.474. The maximum Gasteiger partial charge on any atom is 0.573 e. The molecular weight excluding hydrogens is 393 g/mol. The molecule has 0 atom stereocenters. The van der Waals surface area contributed by atoms with Crippen LogP contribution in [0.3, 0.4) is 0 Å². The first-order valence-electron chi connectivity index (χ1n) is 9.15. The Morgan fingerprint density at radius 2 is 1.86 bits per heavy atom. The van der Waals surface area contributed by atoms with Crippen LogP contribution in [0.2, 0.25) is 0 Å². The monoisotopic (exact) mass is 414 g/mol. The van der Waals surface area contributed by atoms with Gasteiger partial charge in [-0.1, -0.05) is 5.16 Å². The molecule has 0 aliphatic carbocycles. The number of ether oxygens (including phenoxy) is 3. The predicted molar refractivity (Wildman–Crippen MR) is 94.2 cm³/mol. The molecule has 2 heterocycles. The third kappa shape index (κ3) is 7.30. The van der Waals surface area contributed by atoms with Crippen molar-refractivity contribution in [3.8, 4) is 11.5 Å². The van der Waals surface area contributed by atoms with Crippen molar-refractivity contribution < 1.29 is 36.7 Å². The number of alkyl halides is 3. The summed E-state index contributed by atoms with van der Waals surface area (Å²) in [6.45, 7) is 2.09. The molecule has 0 unspecified atom stereocenters. The highest BCUT2D eigenvalue weighted by Gasteiger charge is 2.31. The van der Waals surface area contributed by atoms with Crippen molar-refractivity contribution in [1.29, 1.82) is 0 Å². The number of halogens is 3. The summed E-state index contributed by atoms with van der Waals surface area (Å²) in [6.07, 6.45) is -2.77. The summed E-state index contributed by atoms with van der Waals surface area (Å²) < 4.78 is 56.1. The fourth-order valence-corrected chi connectivity index (χ4v) is 2.83. The largest absolute Gasteiger partial charge is 0.573 e. The number of aromatic nitrogens is 1. The minimum Gasteiger partial charge on any atom is -0.486 e. The lowest BCUT2D eigenvalue weighted by Gasteiger charge is -2.21. The van der Waals surface area contributed by atoms with Gasteiger partial charge in [-0.05, 0) is 43.0 Å². The summed E-state index contributed by atoms with van der Waals surface area (Å²) in [4.78, 5) is 12.0. The first-order valence-corrected chi connectivity index (χ1v) is 9.15. The van der Waals surface area contributed by atoms with E-state index in [2.05, 4.69) is 15.2 Å². The lowest BCUT2D eigenvalue weighted by Crippen LogP contribution is -2.33. The van der Waals surface area contributed by atoms with E-state index in [1.54, 1.807) is 6.07 Å². The van der Waals surface area contributed by atoms with E-state index in [-0.39, 0.29) is 24.7 Å². The molecule has 0 radical (unpaired) electrons. The Morgan fingerprint density at radius 3 is 2.55 bits per heavy atom. The molecule has 10 heteroatoms. The van der Waals surface area contributed by atoms with Crippen LogP contribution in [0.15, 0.2) is 34.9 Å². The summed E-state index contributed by atoms with van der Waals surface area (Å²) >= 11 is 0. The van der Waals surface area contributed by atoms with Gasteiger partial charge in [0.15, 0.2) is 5.76 Å². The molecule has 29 heavy (non-hydrogen) atoms. The first kappa shape index (κ1) is 21.0. The minimum absolute atomic E-state index is 0.0240. The van der Waals surface area contributed by atoms with Gasteiger partial charge >= 0.3 is 6.36 Å². The fraction of sp³-hybridized carbons (Fsp3) is 0.474. The molecule has 0 bridgehead atoms. The van der Waals surface area contributed by atoms with Gasteiger partial charge in [0.2, 0.25) is 5.91 Å². The molecule has 2 aromatic rings. The van der Waals surface area contributed by atoms with Gasteiger partial charge in [-0.2, -0.15) is 0 Å². The van der Waals surface area contributed by atoms with Gasteiger partial charge in [-0.15, -0.1) is 13.2 Å². The van der Waals surface area contributed by atoms with Crippen molar-refractivity contribution >= 4 is 5.91 Å². The number of amides is 1. The second-order valence-electron chi connectivity index (χ2n) is 6.63. The van der Waals surface area contributed by atoms with E-state index in [9.17, 15) is 18.0 Å². The van der Waals surface area contributed by atoms with Crippen LogP contribution in [-0.4, -0.2) is 37.2 Å². The number of hydrogen-bond donors (Lipinski definition) is 1. The van der Waals surface area contributed by atoms with E-state index < -0.39 is 6.36 Å². The van der Waals surface area contributed by atoms with Crippen molar-refractivity contribution in [2.75, 3.05) is 19.8 Å². The summed E-state index contributed by atoms with van der Waals surface area (Å²) in [7, 11) is 0. The molecule has 1 aliphatic heterocycles. The number of carbonyl (C=O) groups excluding carboxylic acids is 1. The van der Waals surface area contributed by atoms with Crippen LogP contribution in [-0.2, 0) is 22.6 Å². The maximum atomic E-state index is 12.1. The Labute approximate surface area is 165 Å². The van der Waals surface area contributed by atoms with E-state index in [4.69, 9.17) is 14.0 Å². The molecule has 1 N–H and O–H groups in total. The van der Waals surface area contributed by atoms with E-state index in [0.717, 1.165) is 38.2 Å². The fourth-order valence-electron chi connectivity index (χ4n) is 2.83. The minimum atomic E-state index is -4.74. The molecule has 1 aromatic carbocycles. The number of rotatable bonds is 8. The van der Waals surface area contributed by atoms with Gasteiger partial charge in [-0.3, -0.25) is 4.79 Å². The summed E-state index contributed by atoms with van der Waals surface area (Å²) in [6, 6.07) is 6.61. The van der Waals surface area contributed by atoms with Gasteiger partial charge in [-0.25, -0.2) is 0 Å². The van der Waals surface area contributed by atoms with Crippen LogP contribution in [0.1, 0.15) is 24.3 Å². The van der Waals surface area contributed by atoms with Crippen LogP contribution in [0.4, 0.5) is 13.2 Å². The van der Waals surface area contributed by atoms with E-state index in [0.29, 0.717) is 29.7 Å². The molecule has 3 rings (SSSR count). The quantitative estimate of drug-likeness (QED) is 0.714. The van der Waals surface area contributed by atoms with E-state index in [1.165, 1.54) is 12.1 Å². The zero-order chi connectivity index (χ0) is 20.7. The topological polar surface area (TPSA) is 82.8 Å². The number of benzene rings is 1. The normalized spacial score (nSPS) is 15.1. The third-order valence-corrected chi connectivity index (χ3v) is 4.32. The molecule has 7 nitrogen and oxygen atoms in total. The smallest absolute Gasteiger partial charge is 0.486 e. The van der Waals surface area contributed by atoms with Crippen LogP contribution >= 0.6 is 0 Å². The molecule has 158 valence electrons. The molecule has 1 amide bonds. The third-order valence-electron chi connectivity index (χ3n) is 4.32. The Kier molecular flexibility index (Phi) is 6.97. The zero-order valence-corrected chi connectivity index (χ0v) is 15.5. The zero-order valence-electron chi connectivity index (χ0n) is 15.5. The Morgan fingerprint density at radius 1 is 1.17 bits per heavy atom. The van der Waals surface area contributed by atoms with Crippen molar-refractivity contribution in [2.45, 2.75) is 32.2 Å². The lowest BCUT2D eigenvalue weighted by molar-refractivity contribution is -0.274. The molecule has 0 spiro atoms. The molecule has 0 saturated carbocycles. The van der Waals surface area contributed by atoms with Gasteiger partial charge < -0.3 is 24.1 Å². The van der Waals surface area contributed by atoms with Crippen molar-refractivity contribution in [3.05, 3.63) is 41.8 Å². The molecule has 1 fully saturated rings. The van der Waals surface area contributed by atoms with E-state index in [1.807, 2.05) is 0 Å². The van der Waals surface area contributed by atoms with Crippen molar-refractivity contribution in [3.63, 3.8) is 0 Å². The van der Waals surface area contributed by atoms with Gasteiger partial charge in [0.25, 0.3) is 0 Å². The van der Waals surface area contributed by atoms with Gasteiger partial charge in [0.1, 0.15) is 18.1 Å². The van der Waals surface area contributed by atoms with Gasteiger partial charge in [0.05, 0.1) is 12.1 Å². The van der Waals surface area contributed by atoms with Crippen molar-refractivity contribution in [2.24, 2.45) is 5.92 Å². The molecule has 1 aromatic heterocycles. The van der Waals surface area contributed by atoms with Crippen LogP contribution in [0, 0.1) is 5.92 Å². The number of nitrogens with one attached hydrogen (secondary N) is 1. The second kappa shape index (κ2) is 9.64. The highest BCUT2D eigenvalue weighted by molar-refractivity contribution is 5.78. The highest BCUT2D eigenvalue weighted by atomic mass is 19.4. The average Bonchev–Trinajstić information content (AvgIpc) is 3.13. The molecule has 1 aliphatic rings. The number of carbonyl (C=O) groups is 1. The second-order valence-corrected chi connectivity index (χ2v) is 6.63.